The quantitative estimate of drug-likeness (QED) is 0.586. The number of nitrogens with zero attached hydrogens (tertiary/aromatic N) is 2. The minimum Gasteiger partial charge on any atom is -0.463 e. The summed E-state index contributed by atoms with van der Waals surface area (Å²) in [5.74, 6) is 0.597. The maximum atomic E-state index is 13.2. The minimum absolute atomic E-state index is 0.102. The molecule has 0 N–H and O–H groups in total. The van der Waals surface area contributed by atoms with E-state index in [0.29, 0.717) is 17.7 Å². The Balaban J connectivity index is 1.76. The Morgan fingerprint density at radius 1 is 1.15 bits per heavy atom. The molecule has 1 aromatic heterocycles. The summed E-state index contributed by atoms with van der Waals surface area (Å²) in [6.07, 6.45) is 2.24. The van der Waals surface area contributed by atoms with Gasteiger partial charge in [-0.3, -0.25) is 4.79 Å². The van der Waals surface area contributed by atoms with Crippen LogP contribution in [0, 0.1) is 6.92 Å². The van der Waals surface area contributed by atoms with Gasteiger partial charge in [-0.15, -0.1) is 0 Å². The van der Waals surface area contributed by atoms with Crippen LogP contribution in [0.2, 0.25) is 0 Å². The summed E-state index contributed by atoms with van der Waals surface area (Å²) in [4.78, 5) is 13.2. The van der Waals surface area contributed by atoms with Crippen LogP contribution in [0.5, 0.6) is 0 Å². The van der Waals surface area contributed by atoms with E-state index in [0.717, 1.165) is 21.3 Å². The summed E-state index contributed by atoms with van der Waals surface area (Å²) in [5.41, 5.74) is 3.41. The highest BCUT2D eigenvalue weighted by atomic mass is 79.9. The lowest BCUT2D eigenvalue weighted by molar-refractivity contribution is 0.0710. The Hall–Kier alpha value is -2.66. The van der Waals surface area contributed by atoms with E-state index < -0.39 is 0 Å². The number of halogens is 1. The highest BCUT2D eigenvalue weighted by molar-refractivity contribution is 9.10. The zero-order valence-corrected chi connectivity index (χ0v) is 15.8. The molecule has 0 spiro atoms. The van der Waals surface area contributed by atoms with Crippen LogP contribution < -0.4 is 0 Å². The lowest BCUT2D eigenvalue weighted by Gasteiger charge is -2.23. The lowest BCUT2D eigenvalue weighted by Crippen LogP contribution is -2.27. The van der Waals surface area contributed by atoms with E-state index in [1.807, 2.05) is 67.6 Å². The van der Waals surface area contributed by atoms with E-state index in [-0.39, 0.29) is 11.9 Å². The number of hydrazone groups is 1. The zero-order chi connectivity index (χ0) is 18.1. The van der Waals surface area contributed by atoms with Gasteiger partial charge in [-0.1, -0.05) is 46.3 Å². The van der Waals surface area contributed by atoms with Gasteiger partial charge < -0.3 is 4.42 Å². The van der Waals surface area contributed by atoms with Crippen molar-refractivity contribution < 1.29 is 9.21 Å². The maximum absolute atomic E-state index is 13.2. The predicted molar refractivity (Wildman–Crippen MR) is 104 cm³/mol. The Kier molecular flexibility index (Phi) is 4.47. The number of hydrogen-bond donors (Lipinski definition) is 0. The molecular formula is C21H17BrN2O2. The topological polar surface area (TPSA) is 45.8 Å². The van der Waals surface area contributed by atoms with Crippen LogP contribution in [0.25, 0.3) is 0 Å². The van der Waals surface area contributed by atoms with Crippen molar-refractivity contribution in [1.82, 2.24) is 5.01 Å². The SMILES string of the molecule is Cc1ccccc1C(=O)N1N=C(c2ccco2)CC1c1cccc(Br)c1. The van der Waals surface area contributed by atoms with Crippen LogP contribution in [0.3, 0.4) is 0 Å². The van der Waals surface area contributed by atoms with Crippen LogP contribution in [-0.2, 0) is 0 Å². The summed E-state index contributed by atoms with van der Waals surface area (Å²) in [5, 5.41) is 6.21. The number of benzene rings is 2. The summed E-state index contributed by atoms with van der Waals surface area (Å²) in [6.45, 7) is 1.94. The van der Waals surface area contributed by atoms with Gasteiger partial charge in [0.05, 0.1) is 12.3 Å². The van der Waals surface area contributed by atoms with Gasteiger partial charge in [0.15, 0.2) is 0 Å². The highest BCUT2D eigenvalue weighted by Gasteiger charge is 2.35. The molecule has 2 heterocycles. The molecule has 0 fully saturated rings. The summed E-state index contributed by atoms with van der Waals surface area (Å²) in [6, 6.07) is 19.1. The first-order valence-corrected chi connectivity index (χ1v) is 9.19. The van der Waals surface area contributed by atoms with Crippen molar-refractivity contribution in [3.63, 3.8) is 0 Å². The van der Waals surface area contributed by atoms with Gasteiger partial charge in [0, 0.05) is 16.5 Å². The number of hydrogen-bond acceptors (Lipinski definition) is 3. The summed E-state index contributed by atoms with van der Waals surface area (Å²) < 4.78 is 6.48. The molecule has 130 valence electrons. The zero-order valence-electron chi connectivity index (χ0n) is 14.2. The fourth-order valence-corrected chi connectivity index (χ4v) is 3.62. The first-order valence-electron chi connectivity index (χ1n) is 8.39. The molecule has 1 aliphatic rings. The Morgan fingerprint density at radius 3 is 2.73 bits per heavy atom. The summed E-state index contributed by atoms with van der Waals surface area (Å²) >= 11 is 3.52. The van der Waals surface area contributed by atoms with E-state index in [1.54, 1.807) is 11.3 Å². The molecule has 1 amide bonds. The van der Waals surface area contributed by atoms with Crippen molar-refractivity contribution in [2.75, 3.05) is 0 Å². The molecule has 1 atom stereocenters. The Labute approximate surface area is 160 Å². The van der Waals surface area contributed by atoms with Crippen molar-refractivity contribution in [2.45, 2.75) is 19.4 Å². The van der Waals surface area contributed by atoms with E-state index in [4.69, 9.17) is 4.42 Å². The van der Waals surface area contributed by atoms with Crippen molar-refractivity contribution in [3.05, 3.63) is 93.9 Å². The van der Waals surface area contributed by atoms with E-state index in [2.05, 4.69) is 21.0 Å². The standard InChI is InChI=1S/C21H17BrN2O2/c1-14-6-2-3-9-17(14)21(25)24-19(15-7-4-8-16(22)12-15)13-18(23-24)20-10-5-11-26-20/h2-12,19H,13H2,1H3. The number of carbonyl (C=O) groups excluding carboxylic acids is 1. The second-order valence-electron chi connectivity index (χ2n) is 6.26. The third kappa shape index (κ3) is 3.10. The van der Waals surface area contributed by atoms with Crippen molar-refractivity contribution >= 4 is 27.5 Å². The van der Waals surface area contributed by atoms with E-state index in [1.165, 1.54) is 0 Å². The number of furan rings is 1. The maximum Gasteiger partial charge on any atom is 0.274 e. The molecule has 3 aromatic rings. The molecule has 26 heavy (non-hydrogen) atoms. The Morgan fingerprint density at radius 2 is 2.00 bits per heavy atom. The van der Waals surface area contributed by atoms with E-state index in [9.17, 15) is 4.79 Å². The molecule has 4 rings (SSSR count). The number of amides is 1. The molecule has 1 aliphatic heterocycles. The van der Waals surface area contributed by atoms with Gasteiger partial charge in [-0.05, 0) is 48.4 Å². The fraction of sp³-hybridized carbons (Fsp3) is 0.143. The van der Waals surface area contributed by atoms with Crippen molar-refractivity contribution in [1.29, 1.82) is 0 Å². The molecule has 0 saturated carbocycles. The fourth-order valence-electron chi connectivity index (χ4n) is 3.20. The molecule has 2 aromatic carbocycles. The second kappa shape index (κ2) is 6.92. The molecule has 0 bridgehead atoms. The highest BCUT2D eigenvalue weighted by Crippen LogP contribution is 2.35. The van der Waals surface area contributed by atoms with Gasteiger partial charge in [-0.25, -0.2) is 5.01 Å². The predicted octanol–water partition coefficient (Wildman–Crippen LogP) is 5.34. The third-order valence-electron chi connectivity index (χ3n) is 4.53. The number of carbonyl (C=O) groups is 1. The first-order chi connectivity index (χ1) is 12.6. The van der Waals surface area contributed by atoms with Gasteiger partial charge in [0.2, 0.25) is 0 Å². The molecule has 1 unspecified atom stereocenters. The molecule has 4 nitrogen and oxygen atoms in total. The van der Waals surface area contributed by atoms with Gasteiger partial charge in [0.1, 0.15) is 11.5 Å². The molecule has 0 saturated heterocycles. The van der Waals surface area contributed by atoms with Crippen LogP contribution in [0.1, 0.15) is 39.7 Å². The number of rotatable bonds is 3. The summed E-state index contributed by atoms with van der Waals surface area (Å²) in [7, 11) is 0. The van der Waals surface area contributed by atoms with Crippen LogP contribution in [0.4, 0.5) is 0 Å². The minimum atomic E-state index is -0.167. The molecule has 0 aliphatic carbocycles. The largest absolute Gasteiger partial charge is 0.463 e. The second-order valence-corrected chi connectivity index (χ2v) is 7.18. The third-order valence-corrected chi connectivity index (χ3v) is 5.03. The van der Waals surface area contributed by atoms with Crippen LogP contribution >= 0.6 is 15.9 Å². The molecular weight excluding hydrogens is 392 g/mol. The van der Waals surface area contributed by atoms with Crippen molar-refractivity contribution in [3.8, 4) is 0 Å². The van der Waals surface area contributed by atoms with Gasteiger partial charge in [-0.2, -0.15) is 5.10 Å². The smallest absolute Gasteiger partial charge is 0.274 e. The average Bonchev–Trinajstić information content (AvgIpc) is 3.31. The van der Waals surface area contributed by atoms with Gasteiger partial charge in [0.25, 0.3) is 5.91 Å². The van der Waals surface area contributed by atoms with Crippen molar-refractivity contribution in [2.24, 2.45) is 5.10 Å². The average molecular weight is 409 g/mol. The van der Waals surface area contributed by atoms with Crippen LogP contribution in [-0.4, -0.2) is 16.6 Å². The molecule has 5 heteroatoms. The number of aryl methyl sites for hydroxylation is 1. The normalized spacial score (nSPS) is 16.6. The monoisotopic (exact) mass is 408 g/mol. The first kappa shape index (κ1) is 16.8. The lowest BCUT2D eigenvalue weighted by atomic mass is 10.00. The molecule has 0 radical (unpaired) electrons. The van der Waals surface area contributed by atoms with E-state index >= 15 is 0 Å². The Bertz CT molecular complexity index is 979. The van der Waals surface area contributed by atoms with Gasteiger partial charge >= 0.3 is 0 Å². The van der Waals surface area contributed by atoms with Crippen LogP contribution in [0.15, 0.2) is 80.9 Å².